The minimum atomic E-state index is -0.0463. The molecule has 0 aromatic heterocycles. The number of alkyl halides is 1. The average Bonchev–Trinajstić information content (AvgIpc) is 1.65. The molecular formula is C6H13ClO. The molecule has 0 aliphatic carbocycles. The first-order chi connectivity index (χ1) is 3.66. The lowest BCUT2D eigenvalue weighted by Crippen LogP contribution is -2.07. The van der Waals surface area contributed by atoms with E-state index in [0.717, 1.165) is 6.42 Å². The van der Waals surface area contributed by atoms with Crippen molar-refractivity contribution < 1.29 is 5.11 Å². The predicted molar refractivity (Wildman–Crippen MR) is 36.2 cm³/mol. The third-order valence-electron chi connectivity index (χ3n) is 0.925. The van der Waals surface area contributed by atoms with Crippen LogP contribution in [0.1, 0.15) is 20.3 Å². The highest BCUT2D eigenvalue weighted by atomic mass is 35.5. The molecule has 0 spiro atoms. The average molecular weight is 137 g/mol. The fourth-order valence-corrected chi connectivity index (χ4v) is 0.942. The Balaban J connectivity index is 3.10. The summed E-state index contributed by atoms with van der Waals surface area (Å²) in [6, 6.07) is 0. The van der Waals surface area contributed by atoms with Gasteiger partial charge in [-0.25, -0.2) is 0 Å². The van der Waals surface area contributed by atoms with Crippen LogP contribution in [0.15, 0.2) is 0 Å². The van der Waals surface area contributed by atoms with Gasteiger partial charge in [-0.2, -0.15) is 0 Å². The molecule has 0 unspecified atom stereocenters. The molecule has 1 nitrogen and oxygen atoms in total. The van der Waals surface area contributed by atoms with Crippen LogP contribution in [0.25, 0.3) is 0 Å². The lowest BCUT2D eigenvalue weighted by Gasteiger charge is -2.06. The number of aliphatic hydroxyl groups excluding tert-OH is 1. The fraction of sp³-hybridized carbons (Fsp3) is 1.00. The highest BCUT2D eigenvalue weighted by Gasteiger charge is 2.03. The van der Waals surface area contributed by atoms with E-state index < -0.39 is 0 Å². The summed E-state index contributed by atoms with van der Waals surface area (Å²) in [4.78, 5) is 0. The summed E-state index contributed by atoms with van der Waals surface area (Å²) in [6.07, 6.45) is 0.901. The Labute approximate surface area is 55.7 Å². The minimum Gasteiger partial charge on any atom is -0.395 e. The number of halogens is 1. The molecule has 0 aliphatic rings. The Morgan fingerprint density at radius 1 is 1.50 bits per heavy atom. The van der Waals surface area contributed by atoms with Crippen molar-refractivity contribution in [2.45, 2.75) is 25.6 Å². The van der Waals surface area contributed by atoms with Gasteiger partial charge in [-0.1, -0.05) is 13.8 Å². The van der Waals surface area contributed by atoms with Gasteiger partial charge in [-0.15, -0.1) is 11.6 Å². The Bertz CT molecular complexity index is 54.5. The van der Waals surface area contributed by atoms with Gasteiger partial charge in [0.2, 0.25) is 0 Å². The van der Waals surface area contributed by atoms with Gasteiger partial charge >= 0.3 is 0 Å². The third-order valence-corrected chi connectivity index (χ3v) is 1.24. The molecule has 0 aromatic rings. The van der Waals surface area contributed by atoms with E-state index >= 15 is 0 Å². The fourth-order valence-electron chi connectivity index (χ4n) is 0.586. The van der Waals surface area contributed by atoms with Gasteiger partial charge in [0.25, 0.3) is 0 Å². The molecule has 0 aromatic carbocycles. The Hall–Kier alpha value is 0.250. The molecule has 0 aliphatic heterocycles. The molecule has 2 heteroatoms. The van der Waals surface area contributed by atoms with Gasteiger partial charge in [0.1, 0.15) is 0 Å². The summed E-state index contributed by atoms with van der Waals surface area (Å²) < 4.78 is 0. The maximum Gasteiger partial charge on any atom is 0.0595 e. The summed E-state index contributed by atoms with van der Waals surface area (Å²) in [7, 11) is 0. The number of hydrogen-bond acceptors (Lipinski definition) is 1. The molecule has 8 heavy (non-hydrogen) atoms. The van der Waals surface area contributed by atoms with Gasteiger partial charge in [-0.3, -0.25) is 0 Å². The van der Waals surface area contributed by atoms with E-state index in [-0.39, 0.29) is 12.0 Å². The van der Waals surface area contributed by atoms with E-state index in [1.54, 1.807) is 0 Å². The zero-order chi connectivity index (χ0) is 6.57. The molecular weight excluding hydrogens is 124 g/mol. The van der Waals surface area contributed by atoms with Crippen LogP contribution in [0, 0.1) is 5.92 Å². The van der Waals surface area contributed by atoms with Crippen molar-refractivity contribution in [2.24, 2.45) is 5.92 Å². The SMILES string of the molecule is CC(C)C[C@@H](Cl)CO. The summed E-state index contributed by atoms with van der Waals surface area (Å²) >= 11 is 5.61. The second kappa shape index (κ2) is 4.16. The second-order valence-electron chi connectivity index (χ2n) is 2.41. The van der Waals surface area contributed by atoms with Crippen molar-refractivity contribution in [3.8, 4) is 0 Å². The summed E-state index contributed by atoms with van der Waals surface area (Å²) in [6.45, 7) is 4.27. The van der Waals surface area contributed by atoms with Crippen LogP contribution < -0.4 is 0 Å². The molecule has 1 atom stereocenters. The van der Waals surface area contributed by atoms with Crippen molar-refractivity contribution in [1.82, 2.24) is 0 Å². The zero-order valence-corrected chi connectivity index (χ0v) is 6.15. The standard InChI is InChI=1S/C6H13ClO/c1-5(2)3-6(7)4-8/h5-6,8H,3-4H2,1-2H3/t6-/m1/s1. The largest absolute Gasteiger partial charge is 0.395 e. The monoisotopic (exact) mass is 136 g/mol. The van der Waals surface area contributed by atoms with Gasteiger partial charge < -0.3 is 5.11 Å². The number of aliphatic hydroxyl groups is 1. The van der Waals surface area contributed by atoms with E-state index in [2.05, 4.69) is 13.8 Å². The van der Waals surface area contributed by atoms with Crippen LogP contribution in [0.3, 0.4) is 0 Å². The maximum absolute atomic E-state index is 8.45. The van der Waals surface area contributed by atoms with E-state index in [1.807, 2.05) is 0 Å². The maximum atomic E-state index is 8.45. The van der Waals surface area contributed by atoms with Crippen molar-refractivity contribution >= 4 is 11.6 Å². The highest BCUT2D eigenvalue weighted by molar-refractivity contribution is 6.20. The van der Waals surface area contributed by atoms with Crippen LogP contribution in [0.4, 0.5) is 0 Å². The van der Waals surface area contributed by atoms with Crippen LogP contribution in [-0.2, 0) is 0 Å². The van der Waals surface area contributed by atoms with E-state index in [1.165, 1.54) is 0 Å². The van der Waals surface area contributed by atoms with Crippen molar-refractivity contribution in [1.29, 1.82) is 0 Å². The summed E-state index contributed by atoms with van der Waals surface area (Å²) in [5, 5.41) is 8.41. The molecule has 50 valence electrons. The molecule has 0 amide bonds. The quantitative estimate of drug-likeness (QED) is 0.585. The lowest BCUT2D eigenvalue weighted by atomic mass is 10.1. The van der Waals surface area contributed by atoms with Crippen molar-refractivity contribution in [3.63, 3.8) is 0 Å². The summed E-state index contributed by atoms with van der Waals surface area (Å²) in [5.74, 6) is 0.588. The minimum absolute atomic E-state index is 0.0463. The van der Waals surface area contributed by atoms with Gasteiger partial charge in [0.05, 0.1) is 12.0 Å². The third kappa shape index (κ3) is 4.41. The molecule has 1 N–H and O–H groups in total. The number of rotatable bonds is 3. The molecule has 0 radical (unpaired) electrons. The van der Waals surface area contributed by atoms with Crippen LogP contribution >= 0.6 is 11.6 Å². The molecule has 0 saturated carbocycles. The van der Waals surface area contributed by atoms with Gasteiger partial charge in [0.15, 0.2) is 0 Å². The van der Waals surface area contributed by atoms with Crippen LogP contribution in [-0.4, -0.2) is 17.1 Å². The highest BCUT2D eigenvalue weighted by Crippen LogP contribution is 2.08. The molecule has 0 bridgehead atoms. The number of hydrogen-bond donors (Lipinski definition) is 1. The molecule has 0 heterocycles. The first-order valence-corrected chi connectivity index (χ1v) is 3.35. The van der Waals surface area contributed by atoms with E-state index in [0.29, 0.717) is 5.92 Å². The normalized spacial score (nSPS) is 14.6. The van der Waals surface area contributed by atoms with E-state index in [4.69, 9.17) is 16.7 Å². The first kappa shape index (κ1) is 8.25. The predicted octanol–water partition coefficient (Wildman–Crippen LogP) is 1.63. The van der Waals surface area contributed by atoms with Crippen LogP contribution in [0.5, 0.6) is 0 Å². The van der Waals surface area contributed by atoms with Crippen molar-refractivity contribution in [3.05, 3.63) is 0 Å². The zero-order valence-electron chi connectivity index (χ0n) is 5.39. The summed E-state index contributed by atoms with van der Waals surface area (Å²) in [5.41, 5.74) is 0. The Morgan fingerprint density at radius 2 is 2.00 bits per heavy atom. The lowest BCUT2D eigenvalue weighted by molar-refractivity contribution is 0.280. The molecule has 0 saturated heterocycles. The smallest absolute Gasteiger partial charge is 0.0595 e. The topological polar surface area (TPSA) is 20.2 Å². The van der Waals surface area contributed by atoms with Gasteiger partial charge in [0, 0.05) is 0 Å². The second-order valence-corrected chi connectivity index (χ2v) is 3.03. The Morgan fingerprint density at radius 3 is 2.12 bits per heavy atom. The Kier molecular flexibility index (Phi) is 4.29. The molecule has 0 fully saturated rings. The molecule has 0 rings (SSSR count). The van der Waals surface area contributed by atoms with Crippen molar-refractivity contribution in [2.75, 3.05) is 6.61 Å². The van der Waals surface area contributed by atoms with Crippen LogP contribution in [0.2, 0.25) is 0 Å². The van der Waals surface area contributed by atoms with E-state index in [9.17, 15) is 0 Å². The first-order valence-electron chi connectivity index (χ1n) is 2.91. The van der Waals surface area contributed by atoms with Gasteiger partial charge in [-0.05, 0) is 12.3 Å².